The van der Waals surface area contributed by atoms with Crippen LogP contribution in [0.3, 0.4) is 0 Å². The Morgan fingerprint density at radius 2 is 2.18 bits per heavy atom. The van der Waals surface area contributed by atoms with Gasteiger partial charge in [0.1, 0.15) is 0 Å². The number of hydrazine groups is 1. The van der Waals surface area contributed by atoms with Crippen molar-refractivity contribution in [3.05, 3.63) is 5.53 Å². The fraction of sp³-hybridized carbons (Fsp3) is 0.857. The Kier molecular flexibility index (Phi) is 1.41. The number of amides is 1. The first kappa shape index (κ1) is 6.76. The van der Waals surface area contributed by atoms with Crippen molar-refractivity contribution >= 4 is 5.91 Å². The highest BCUT2D eigenvalue weighted by Crippen LogP contribution is 2.28. The number of hydrogen-bond donors (Lipinski definition) is 1. The van der Waals surface area contributed by atoms with Crippen molar-refractivity contribution in [1.82, 2.24) is 5.43 Å². The van der Waals surface area contributed by atoms with Crippen molar-refractivity contribution in [3.8, 4) is 0 Å². The molecule has 11 heavy (non-hydrogen) atoms. The normalized spacial score (nSPS) is 36.7. The standard InChI is InChI=1S/C7H11N3O/c8-10-7(11)5-3-1-2-4-6(5)9-10/h5-6,9H,1-4H2. The zero-order valence-electron chi connectivity index (χ0n) is 6.29. The van der Waals surface area contributed by atoms with E-state index in [1.807, 2.05) is 0 Å². The number of carbonyl (C=O) groups excluding carboxylic acids is 1. The number of fused-ring (bicyclic) bond motifs is 1. The van der Waals surface area contributed by atoms with Gasteiger partial charge in [-0.2, -0.15) is 0 Å². The molecule has 0 bridgehead atoms. The van der Waals surface area contributed by atoms with Crippen LogP contribution < -0.4 is 5.43 Å². The number of hydrogen-bond acceptors (Lipinski definition) is 1. The molecule has 60 valence electrons. The average Bonchev–Trinajstić information content (AvgIpc) is 2.30. The Bertz CT molecular complexity index is 214. The minimum absolute atomic E-state index is 0.0359. The first-order valence-electron chi connectivity index (χ1n) is 4.08. The van der Waals surface area contributed by atoms with Gasteiger partial charge in [-0.25, -0.2) is 4.79 Å². The zero-order chi connectivity index (χ0) is 7.84. The van der Waals surface area contributed by atoms with E-state index in [1.165, 1.54) is 0 Å². The maximum Gasteiger partial charge on any atom is 0.409 e. The van der Waals surface area contributed by atoms with Gasteiger partial charge in [0.05, 0.1) is 5.92 Å². The molecule has 1 heterocycles. The average molecular weight is 153 g/mol. The van der Waals surface area contributed by atoms with E-state index < -0.39 is 0 Å². The third kappa shape index (κ3) is 0.931. The molecule has 2 unspecified atom stereocenters. The lowest BCUT2D eigenvalue weighted by atomic mass is 9.86. The van der Waals surface area contributed by atoms with Crippen LogP contribution in [-0.2, 0) is 4.79 Å². The quantitative estimate of drug-likeness (QED) is 0.519. The second-order valence-electron chi connectivity index (χ2n) is 3.28. The van der Waals surface area contributed by atoms with E-state index in [0.717, 1.165) is 25.7 Å². The topological polar surface area (TPSA) is 54.4 Å². The molecular formula is C7H11N3O. The minimum atomic E-state index is -0.158. The van der Waals surface area contributed by atoms with Gasteiger partial charge in [-0.1, -0.05) is 17.6 Å². The largest absolute Gasteiger partial charge is 0.409 e. The molecule has 0 aromatic heterocycles. The summed E-state index contributed by atoms with van der Waals surface area (Å²) in [6.45, 7) is 0. The third-order valence-corrected chi connectivity index (χ3v) is 2.58. The van der Waals surface area contributed by atoms with Gasteiger partial charge in [-0.15, -0.1) is 5.53 Å². The van der Waals surface area contributed by atoms with Crippen LogP contribution in [0.1, 0.15) is 25.7 Å². The molecule has 2 fully saturated rings. The molecule has 4 nitrogen and oxygen atoms in total. The van der Waals surface area contributed by atoms with Crippen molar-refractivity contribution in [1.29, 1.82) is 0 Å². The molecule has 1 amide bonds. The van der Waals surface area contributed by atoms with Gasteiger partial charge in [-0.3, -0.25) is 5.43 Å². The fourth-order valence-corrected chi connectivity index (χ4v) is 1.96. The van der Waals surface area contributed by atoms with Gasteiger partial charge in [0.2, 0.25) is 0 Å². The molecule has 1 aliphatic heterocycles. The Hall–Kier alpha value is -0.930. The van der Waals surface area contributed by atoms with Crippen molar-refractivity contribution in [2.75, 3.05) is 0 Å². The molecular weight excluding hydrogens is 142 g/mol. The molecule has 1 saturated heterocycles. The summed E-state index contributed by atoms with van der Waals surface area (Å²) < 4.78 is 0. The molecule has 0 aromatic rings. The first-order valence-corrected chi connectivity index (χ1v) is 4.08. The summed E-state index contributed by atoms with van der Waals surface area (Å²) in [5.41, 5.74) is 11.7. The highest BCUT2D eigenvalue weighted by atomic mass is 16.2. The van der Waals surface area contributed by atoms with E-state index in [-0.39, 0.29) is 17.9 Å². The summed E-state index contributed by atoms with van der Waals surface area (Å²) in [6.07, 6.45) is 4.21. The van der Waals surface area contributed by atoms with E-state index in [4.69, 9.17) is 5.53 Å². The van der Waals surface area contributed by atoms with Crippen molar-refractivity contribution < 1.29 is 9.60 Å². The van der Waals surface area contributed by atoms with Crippen LogP contribution in [0.15, 0.2) is 0 Å². The molecule has 0 spiro atoms. The highest BCUT2D eigenvalue weighted by molar-refractivity contribution is 5.72. The lowest BCUT2D eigenvalue weighted by Gasteiger charge is -2.20. The molecule has 0 radical (unpaired) electrons. The van der Waals surface area contributed by atoms with Crippen LogP contribution >= 0.6 is 0 Å². The maximum atomic E-state index is 11.2. The van der Waals surface area contributed by atoms with Crippen molar-refractivity contribution in [3.63, 3.8) is 0 Å². The van der Waals surface area contributed by atoms with Crippen molar-refractivity contribution in [2.45, 2.75) is 31.7 Å². The number of rotatable bonds is 0. The number of carbonyl (C=O) groups is 1. The predicted octanol–water partition coefficient (Wildman–Crippen LogP) is 0.624. The second-order valence-corrected chi connectivity index (χ2v) is 3.28. The van der Waals surface area contributed by atoms with E-state index in [1.54, 1.807) is 0 Å². The van der Waals surface area contributed by atoms with Gasteiger partial charge in [0.25, 0.3) is 0 Å². The first-order chi connectivity index (χ1) is 5.29. The van der Waals surface area contributed by atoms with E-state index in [9.17, 15) is 4.79 Å². The Labute approximate surface area is 65.0 Å². The molecule has 2 atom stereocenters. The molecule has 2 aliphatic rings. The van der Waals surface area contributed by atoms with E-state index in [2.05, 4.69) is 5.43 Å². The molecule has 4 heteroatoms. The monoisotopic (exact) mass is 153 g/mol. The molecule has 1 aliphatic carbocycles. The Morgan fingerprint density at radius 3 is 2.91 bits per heavy atom. The lowest BCUT2D eigenvalue weighted by molar-refractivity contribution is -0.517. The lowest BCUT2D eigenvalue weighted by Crippen LogP contribution is -2.31. The molecule has 2 rings (SSSR count). The van der Waals surface area contributed by atoms with Gasteiger partial charge in [0, 0.05) is 6.04 Å². The SMILES string of the molecule is [N-]=[N+]1NC2CCCCC2C1=O. The smallest absolute Gasteiger partial charge is 0.279 e. The molecule has 0 aromatic carbocycles. The minimum Gasteiger partial charge on any atom is -0.279 e. The van der Waals surface area contributed by atoms with Crippen LogP contribution in [0.5, 0.6) is 0 Å². The van der Waals surface area contributed by atoms with E-state index >= 15 is 0 Å². The van der Waals surface area contributed by atoms with Gasteiger partial charge in [-0.05, 0) is 12.8 Å². The Morgan fingerprint density at radius 1 is 1.45 bits per heavy atom. The van der Waals surface area contributed by atoms with Crippen LogP contribution in [0.2, 0.25) is 0 Å². The van der Waals surface area contributed by atoms with Gasteiger partial charge in [0.15, 0.2) is 0 Å². The summed E-state index contributed by atoms with van der Waals surface area (Å²) in [4.78, 5) is 11.8. The second kappa shape index (κ2) is 2.29. The Balaban J connectivity index is 2.18. The maximum absolute atomic E-state index is 11.2. The zero-order valence-corrected chi connectivity index (χ0v) is 6.29. The van der Waals surface area contributed by atoms with Crippen molar-refractivity contribution in [2.24, 2.45) is 5.92 Å². The van der Waals surface area contributed by atoms with Gasteiger partial charge < -0.3 is 0 Å². The predicted molar refractivity (Wildman–Crippen MR) is 37.5 cm³/mol. The molecule has 1 saturated carbocycles. The number of nitrogens with one attached hydrogen (secondary N) is 1. The highest BCUT2D eigenvalue weighted by Gasteiger charge is 2.42. The van der Waals surface area contributed by atoms with Crippen LogP contribution in [0.25, 0.3) is 5.53 Å². The molecule has 1 N–H and O–H groups in total. The van der Waals surface area contributed by atoms with Gasteiger partial charge >= 0.3 is 5.91 Å². The third-order valence-electron chi connectivity index (χ3n) is 2.58. The van der Waals surface area contributed by atoms with Crippen LogP contribution in [-0.4, -0.2) is 16.8 Å². The summed E-state index contributed by atoms with van der Waals surface area (Å²) in [7, 11) is 0. The number of nitrogens with zero attached hydrogens (tertiary/aromatic N) is 2. The van der Waals surface area contributed by atoms with Crippen LogP contribution in [0, 0.1) is 5.92 Å². The van der Waals surface area contributed by atoms with Crippen LogP contribution in [0.4, 0.5) is 0 Å². The summed E-state index contributed by atoms with van der Waals surface area (Å²) in [5.74, 6) is -0.122. The summed E-state index contributed by atoms with van der Waals surface area (Å²) in [6, 6.07) is 0.196. The fourth-order valence-electron chi connectivity index (χ4n) is 1.96. The summed E-state index contributed by atoms with van der Waals surface area (Å²) >= 11 is 0. The van der Waals surface area contributed by atoms with E-state index in [0.29, 0.717) is 4.81 Å². The summed E-state index contributed by atoms with van der Waals surface area (Å²) in [5, 5.41) is 0.